The van der Waals surface area contributed by atoms with E-state index in [2.05, 4.69) is 0 Å². The molecule has 0 aliphatic heterocycles. The van der Waals surface area contributed by atoms with E-state index in [1.165, 1.54) is 18.2 Å². The maximum atomic E-state index is 13.0. The lowest BCUT2D eigenvalue weighted by molar-refractivity contribution is 0.103. The molecule has 0 amide bonds. The van der Waals surface area contributed by atoms with Crippen molar-refractivity contribution in [2.75, 3.05) is 6.26 Å². The van der Waals surface area contributed by atoms with Crippen molar-refractivity contribution < 1.29 is 9.18 Å². The van der Waals surface area contributed by atoms with Gasteiger partial charge in [-0.05, 0) is 48.7 Å². The van der Waals surface area contributed by atoms with Gasteiger partial charge in [0.05, 0.1) is 5.02 Å². The van der Waals surface area contributed by atoms with Gasteiger partial charge in [-0.2, -0.15) is 0 Å². The number of ketones is 1. The standard InChI is InChI=1S/C14H10ClFOS/c1-18-11-5-2-9(3-6-11)14(17)10-4-7-13(16)12(15)8-10/h2-8H,1H3. The first-order chi connectivity index (χ1) is 8.61. The number of halogens is 2. The molecule has 0 bridgehead atoms. The minimum atomic E-state index is -0.522. The fourth-order valence-electron chi connectivity index (χ4n) is 1.55. The van der Waals surface area contributed by atoms with Gasteiger partial charge in [-0.1, -0.05) is 11.6 Å². The van der Waals surface area contributed by atoms with Gasteiger partial charge in [-0.25, -0.2) is 4.39 Å². The molecule has 2 rings (SSSR count). The van der Waals surface area contributed by atoms with Gasteiger partial charge in [0, 0.05) is 16.0 Å². The minimum absolute atomic E-state index is 0.0402. The Kier molecular flexibility index (Phi) is 4.04. The molecule has 0 N–H and O–H groups in total. The van der Waals surface area contributed by atoms with Crippen LogP contribution in [0.5, 0.6) is 0 Å². The summed E-state index contributed by atoms with van der Waals surface area (Å²) in [5.74, 6) is -0.685. The highest BCUT2D eigenvalue weighted by molar-refractivity contribution is 7.98. The summed E-state index contributed by atoms with van der Waals surface area (Å²) in [5.41, 5.74) is 0.953. The molecule has 1 nitrogen and oxygen atoms in total. The van der Waals surface area contributed by atoms with Crippen LogP contribution < -0.4 is 0 Å². The molecule has 18 heavy (non-hydrogen) atoms. The third kappa shape index (κ3) is 2.74. The molecule has 0 atom stereocenters. The molecule has 4 heteroatoms. The van der Waals surface area contributed by atoms with Crippen molar-refractivity contribution >= 4 is 29.1 Å². The monoisotopic (exact) mass is 280 g/mol. The largest absolute Gasteiger partial charge is 0.289 e. The number of hydrogen-bond acceptors (Lipinski definition) is 2. The summed E-state index contributed by atoms with van der Waals surface area (Å²) >= 11 is 7.27. The lowest BCUT2D eigenvalue weighted by Gasteiger charge is -2.03. The second kappa shape index (κ2) is 5.55. The van der Waals surface area contributed by atoms with Gasteiger partial charge < -0.3 is 0 Å². The molecule has 2 aromatic rings. The summed E-state index contributed by atoms with van der Waals surface area (Å²) in [6, 6.07) is 11.3. The predicted octanol–water partition coefficient (Wildman–Crippen LogP) is 4.43. The van der Waals surface area contributed by atoms with Crippen LogP contribution in [0.25, 0.3) is 0 Å². The van der Waals surface area contributed by atoms with Crippen LogP contribution in [0.2, 0.25) is 5.02 Å². The first kappa shape index (κ1) is 13.1. The van der Waals surface area contributed by atoms with Crippen molar-refractivity contribution in [1.29, 1.82) is 0 Å². The smallest absolute Gasteiger partial charge is 0.193 e. The number of benzene rings is 2. The molecule has 0 heterocycles. The molecule has 0 aliphatic rings. The fourth-order valence-corrected chi connectivity index (χ4v) is 2.14. The van der Waals surface area contributed by atoms with E-state index in [1.54, 1.807) is 23.9 Å². The van der Waals surface area contributed by atoms with E-state index in [4.69, 9.17) is 11.6 Å². The second-order valence-electron chi connectivity index (χ2n) is 3.69. The van der Waals surface area contributed by atoms with Gasteiger partial charge in [0.2, 0.25) is 0 Å². The molecular formula is C14H10ClFOS. The van der Waals surface area contributed by atoms with Gasteiger partial charge in [-0.15, -0.1) is 11.8 Å². The van der Waals surface area contributed by atoms with Crippen LogP contribution in [0.4, 0.5) is 4.39 Å². The Bertz CT molecular complexity index is 581. The van der Waals surface area contributed by atoms with Gasteiger partial charge in [-0.3, -0.25) is 4.79 Å². The zero-order valence-corrected chi connectivity index (χ0v) is 11.2. The van der Waals surface area contributed by atoms with Crippen LogP contribution in [-0.4, -0.2) is 12.0 Å². The minimum Gasteiger partial charge on any atom is -0.289 e. The summed E-state index contributed by atoms with van der Waals surface area (Å²) in [6.45, 7) is 0. The molecule has 0 unspecified atom stereocenters. The van der Waals surface area contributed by atoms with E-state index in [0.29, 0.717) is 11.1 Å². The lowest BCUT2D eigenvalue weighted by atomic mass is 10.0. The average Bonchev–Trinajstić information content (AvgIpc) is 2.41. The quantitative estimate of drug-likeness (QED) is 0.611. The third-order valence-electron chi connectivity index (χ3n) is 2.53. The summed E-state index contributed by atoms with van der Waals surface area (Å²) in [5, 5.41) is -0.0402. The Labute approximate surface area is 114 Å². The second-order valence-corrected chi connectivity index (χ2v) is 4.97. The molecule has 0 radical (unpaired) electrons. The number of thioether (sulfide) groups is 1. The zero-order valence-electron chi connectivity index (χ0n) is 9.61. The summed E-state index contributed by atoms with van der Waals surface area (Å²) in [4.78, 5) is 13.2. The van der Waals surface area contributed by atoms with Crippen molar-refractivity contribution in [2.45, 2.75) is 4.90 Å². The van der Waals surface area contributed by atoms with Crippen LogP contribution in [0.3, 0.4) is 0 Å². The van der Waals surface area contributed by atoms with Gasteiger partial charge >= 0.3 is 0 Å². The van der Waals surface area contributed by atoms with Crippen LogP contribution in [-0.2, 0) is 0 Å². The van der Waals surface area contributed by atoms with Crippen LogP contribution in [0, 0.1) is 5.82 Å². The molecule has 0 saturated heterocycles. The van der Waals surface area contributed by atoms with Gasteiger partial charge in [0.15, 0.2) is 5.78 Å². The van der Waals surface area contributed by atoms with Crippen molar-refractivity contribution in [1.82, 2.24) is 0 Å². The van der Waals surface area contributed by atoms with Crippen LogP contribution in [0.1, 0.15) is 15.9 Å². The number of hydrogen-bond donors (Lipinski definition) is 0. The first-order valence-electron chi connectivity index (χ1n) is 5.25. The van der Waals surface area contributed by atoms with E-state index < -0.39 is 5.82 Å². The topological polar surface area (TPSA) is 17.1 Å². The average molecular weight is 281 g/mol. The number of rotatable bonds is 3. The summed E-state index contributed by atoms with van der Waals surface area (Å²) < 4.78 is 13.0. The molecular weight excluding hydrogens is 271 g/mol. The highest BCUT2D eigenvalue weighted by Crippen LogP contribution is 2.20. The Morgan fingerprint density at radius 2 is 1.72 bits per heavy atom. The Morgan fingerprint density at radius 1 is 1.11 bits per heavy atom. The zero-order chi connectivity index (χ0) is 13.1. The number of carbonyl (C=O) groups is 1. The van der Waals surface area contributed by atoms with E-state index in [-0.39, 0.29) is 10.8 Å². The summed E-state index contributed by atoms with van der Waals surface area (Å²) in [6.07, 6.45) is 1.97. The lowest BCUT2D eigenvalue weighted by Crippen LogP contribution is -2.01. The summed E-state index contributed by atoms with van der Waals surface area (Å²) in [7, 11) is 0. The van der Waals surface area contributed by atoms with Crippen molar-refractivity contribution in [3.8, 4) is 0 Å². The van der Waals surface area contributed by atoms with Gasteiger partial charge in [0.25, 0.3) is 0 Å². The van der Waals surface area contributed by atoms with E-state index >= 15 is 0 Å². The van der Waals surface area contributed by atoms with Crippen LogP contribution in [0.15, 0.2) is 47.4 Å². The predicted molar refractivity (Wildman–Crippen MR) is 73.1 cm³/mol. The molecule has 2 aromatic carbocycles. The first-order valence-corrected chi connectivity index (χ1v) is 6.86. The third-order valence-corrected chi connectivity index (χ3v) is 3.57. The van der Waals surface area contributed by atoms with Crippen molar-refractivity contribution in [3.05, 3.63) is 64.4 Å². The maximum Gasteiger partial charge on any atom is 0.193 e. The van der Waals surface area contributed by atoms with E-state index in [9.17, 15) is 9.18 Å². The number of carbonyl (C=O) groups excluding carboxylic acids is 1. The van der Waals surface area contributed by atoms with Gasteiger partial charge in [0.1, 0.15) is 5.82 Å². The highest BCUT2D eigenvalue weighted by atomic mass is 35.5. The molecule has 0 spiro atoms. The molecule has 0 fully saturated rings. The highest BCUT2D eigenvalue weighted by Gasteiger charge is 2.11. The van der Waals surface area contributed by atoms with Crippen molar-refractivity contribution in [3.63, 3.8) is 0 Å². The normalized spacial score (nSPS) is 10.4. The Balaban J connectivity index is 2.32. The Hall–Kier alpha value is -1.32. The molecule has 0 aromatic heterocycles. The fraction of sp³-hybridized carbons (Fsp3) is 0.0714. The maximum absolute atomic E-state index is 13.0. The SMILES string of the molecule is CSc1ccc(C(=O)c2ccc(F)c(Cl)c2)cc1. The van der Waals surface area contributed by atoms with Crippen LogP contribution >= 0.6 is 23.4 Å². The molecule has 0 saturated carbocycles. The molecule has 0 aliphatic carbocycles. The Morgan fingerprint density at radius 3 is 2.28 bits per heavy atom. The van der Waals surface area contributed by atoms with E-state index in [0.717, 1.165) is 4.90 Å². The molecule has 92 valence electrons. The van der Waals surface area contributed by atoms with Crippen molar-refractivity contribution in [2.24, 2.45) is 0 Å². The van der Waals surface area contributed by atoms with E-state index in [1.807, 2.05) is 18.4 Å².